The fourth-order valence-electron chi connectivity index (χ4n) is 6.39. The van der Waals surface area contributed by atoms with Crippen LogP contribution in [0.5, 0.6) is 5.75 Å². The number of hydrogen-bond acceptors (Lipinski definition) is 5. The number of carbonyl (C=O) groups is 2. The topological polar surface area (TPSA) is 91.0 Å². The Hall–Kier alpha value is -2.94. The van der Waals surface area contributed by atoms with Crippen molar-refractivity contribution in [2.45, 2.75) is 57.0 Å². The normalized spacial score (nSPS) is 25.8. The van der Waals surface area contributed by atoms with E-state index in [9.17, 15) is 14.7 Å². The summed E-state index contributed by atoms with van der Waals surface area (Å²) in [7, 11) is 0. The van der Waals surface area contributed by atoms with Crippen LogP contribution in [0.4, 0.5) is 0 Å². The largest absolute Gasteiger partial charge is 0.508 e. The van der Waals surface area contributed by atoms with Crippen molar-refractivity contribution in [2.75, 3.05) is 13.1 Å². The van der Waals surface area contributed by atoms with Crippen LogP contribution in [0.15, 0.2) is 41.0 Å². The summed E-state index contributed by atoms with van der Waals surface area (Å²) in [5.74, 6) is 2.70. The molecule has 0 spiro atoms. The van der Waals surface area contributed by atoms with Crippen molar-refractivity contribution >= 4 is 33.4 Å². The molecule has 4 heterocycles. The van der Waals surface area contributed by atoms with Gasteiger partial charge in [0.2, 0.25) is 11.8 Å². The first-order chi connectivity index (χ1) is 17.9. The predicted molar refractivity (Wildman–Crippen MR) is 140 cm³/mol. The van der Waals surface area contributed by atoms with Crippen LogP contribution in [0.25, 0.3) is 5.65 Å². The Morgan fingerprint density at radius 2 is 1.81 bits per heavy atom. The molecule has 2 aliphatic heterocycles. The lowest BCUT2D eigenvalue weighted by atomic mass is 9.90. The molecular formula is C28H30BrN5O3. The van der Waals surface area contributed by atoms with Crippen LogP contribution in [-0.4, -0.2) is 60.5 Å². The van der Waals surface area contributed by atoms with Crippen LogP contribution in [0, 0.1) is 17.8 Å². The van der Waals surface area contributed by atoms with Gasteiger partial charge in [0.25, 0.3) is 0 Å². The Kier molecular flexibility index (Phi) is 5.53. The number of amides is 2. The number of pyridine rings is 1. The number of carbonyl (C=O) groups excluding carboxylic acids is 2. The molecule has 37 heavy (non-hydrogen) atoms. The van der Waals surface area contributed by atoms with Gasteiger partial charge in [0.05, 0.1) is 0 Å². The highest BCUT2D eigenvalue weighted by Crippen LogP contribution is 2.55. The van der Waals surface area contributed by atoms with Crippen molar-refractivity contribution in [3.63, 3.8) is 0 Å². The third kappa shape index (κ3) is 4.31. The van der Waals surface area contributed by atoms with Crippen molar-refractivity contribution in [1.82, 2.24) is 24.4 Å². The number of aromatic nitrogens is 3. The molecule has 1 saturated heterocycles. The van der Waals surface area contributed by atoms with Gasteiger partial charge < -0.3 is 14.9 Å². The summed E-state index contributed by atoms with van der Waals surface area (Å²) in [5.41, 5.74) is 2.81. The minimum atomic E-state index is -0.510. The standard InChI is InChI=1S/C28H30BrN5O3/c29-20-4-6-25-30-26(31-34(25)15-20)17-7-9-32(10-8-17)28(37)24-12-19-11-21(35)5-3-18(19)14-33(24)27(36)23-13-22(23)16-1-2-16/h3-6,11,15-17,22-24,35H,1-2,7-10,12-14H2. The second-order valence-electron chi connectivity index (χ2n) is 11.2. The average Bonchev–Trinajstić information content (AvgIpc) is 3.83. The Labute approximate surface area is 223 Å². The molecule has 2 aromatic heterocycles. The van der Waals surface area contributed by atoms with Crippen LogP contribution in [0.1, 0.15) is 55.0 Å². The van der Waals surface area contributed by atoms with Gasteiger partial charge in [0.1, 0.15) is 11.8 Å². The van der Waals surface area contributed by atoms with E-state index in [0.29, 0.717) is 37.9 Å². The number of phenols is 1. The zero-order chi connectivity index (χ0) is 25.3. The zero-order valence-electron chi connectivity index (χ0n) is 20.6. The van der Waals surface area contributed by atoms with Crippen molar-refractivity contribution in [3.8, 4) is 5.75 Å². The first-order valence-electron chi connectivity index (χ1n) is 13.4. The van der Waals surface area contributed by atoms with E-state index in [4.69, 9.17) is 4.98 Å². The zero-order valence-corrected chi connectivity index (χ0v) is 22.2. The van der Waals surface area contributed by atoms with Gasteiger partial charge in [-0.25, -0.2) is 9.50 Å². The average molecular weight is 564 g/mol. The molecule has 3 fully saturated rings. The minimum absolute atomic E-state index is 0.0244. The molecule has 3 atom stereocenters. The number of fused-ring (bicyclic) bond motifs is 2. The highest BCUT2D eigenvalue weighted by Gasteiger charge is 2.54. The maximum Gasteiger partial charge on any atom is 0.245 e. The van der Waals surface area contributed by atoms with Gasteiger partial charge in [0.15, 0.2) is 11.5 Å². The smallest absolute Gasteiger partial charge is 0.245 e. The summed E-state index contributed by atoms with van der Waals surface area (Å²) >= 11 is 3.48. The van der Waals surface area contributed by atoms with E-state index in [1.807, 2.05) is 34.2 Å². The van der Waals surface area contributed by atoms with E-state index in [0.717, 1.165) is 46.3 Å². The third-order valence-corrected chi connectivity index (χ3v) is 9.22. The molecule has 2 saturated carbocycles. The van der Waals surface area contributed by atoms with Gasteiger partial charge in [-0.1, -0.05) is 6.07 Å². The van der Waals surface area contributed by atoms with Gasteiger partial charge in [-0.2, -0.15) is 5.10 Å². The van der Waals surface area contributed by atoms with Crippen molar-refractivity contribution in [1.29, 1.82) is 0 Å². The maximum absolute atomic E-state index is 13.9. The number of piperidine rings is 1. The maximum atomic E-state index is 13.9. The van der Waals surface area contributed by atoms with E-state index >= 15 is 0 Å². The Balaban J connectivity index is 1.08. The van der Waals surface area contributed by atoms with E-state index in [-0.39, 0.29) is 29.4 Å². The lowest BCUT2D eigenvalue weighted by Gasteiger charge is -2.40. The molecule has 9 heteroatoms. The molecular weight excluding hydrogens is 534 g/mol. The molecule has 3 unspecified atom stereocenters. The lowest BCUT2D eigenvalue weighted by Crippen LogP contribution is -2.55. The number of rotatable bonds is 4. The summed E-state index contributed by atoms with van der Waals surface area (Å²) in [6.45, 7) is 1.69. The van der Waals surface area contributed by atoms with E-state index in [1.165, 1.54) is 12.8 Å². The van der Waals surface area contributed by atoms with Gasteiger partial charge >= 0.3 is 0 Å². The number of benzene rings is 1. The Bertz CT molecular complexity index is 1390. The fourth-order valence-corrected chi connectivity index (χ4v) is 6.72. The fraction of sp³-hybridized carbons (Fsp3) is 0.500. The van der Waals surface area contributed by atoms with Crippen LogP contribution < -0.4 is 0 Å². The molecule has 0 radical (unpaired) electrons. The number of likely N-dealkylation sites (tertiary alicyclic amines) is 1. The Morgan fingerprint density at radius 3 is 2.59 bits per heavy atom. The lowest BCUT2D eigenvalue weighted by molar-refractivity contribution is -0.148. The van der Waals surface area contributed by atoms with E-state index in [2.05, 4.69) is 21.0 Å². The molecule has 1 N–H and O–H groups in total. The summed E-state index contributed by atoms with van der Waals surface area (Å²) < 4.78 is 2.75. The molecule has 2 aliphatic carbocycles. The second kappa shape index (κ2) is 8.82. The first-order valence-corrected chi connectivity index (χ1v) is 14.2. The highest BCUT2D eigenvalue weighted by molar-refractivity contribution is 9.10. The predicted octanol–water partition coefficient (Wildman–Crippen LogP) is 3.90. The van der Waals surface area contributed by atoms with Crippen molar-refractivity contribution < 1.29 is 14.7 Å². The highest BCUT2D eigenvalue weighted by atomic mass is 79.9. The molecule has 192 valence electrons. The van der Waals surface area contributed by atoms with Gasteiger partial charge in [0, 0.05) is 48.6 Å². The second-order valence-corrected chi connectivity index (χ2v) is 12.1. The monoisotopic (exact) mass is 563 g/mol. The summed E-state index contributed by atoms with van der Waals surface area (Å²) in [5, 5.41) is 14.7. The number of halogens is 1. The number of phenolic OH excluding ortho intramolecular Hbond substituents is 1. The molecule has 2 amide bonds. The molecule has 1 aromatic carbocycles. The quantitative estimate of drug-likeness (QED) is 0.519. The van der Waals surface area contributed by atoms with Gasteiger partial charge in [-0.05, 0) is 95.3 Å². The summed E-state index contributed by atoms with van der Waals surface area (Å²) in [4.78, 5) is 36.0. The third-order valence-electron chi connectivity index (χ3n) is 8.76. The summed E-state index contributed by atoms with van der Waals surface area (Å²) in [6, 6.07) is 8.70. The summed E-state index contributed by atoms with van der Waals surface area (Å²) in [6.07, 6.45) is 7.42. The van der Waals surface area contributed by atoms with Crippen LogP contribution in [0.2, 0.25) is 0 Å². The first kappa shape index (κ1) is 23.2. The molecule has 4 aliphatic rings. The molecule has 7 rings (SSSR count). The number of aromatic hydroxyl groups is 1. The van der Waals surface area contributed by atoms with E-state index < -0.39 is 6.04 Å². The number of hydrogen-bond donors (Lipinski definition) is 1. The van der Waals surface area contributed by atoms with Crippen molar-refractivity contribution in [2.24, 2.45) is 17.8 Å². The molecule has 3 aromatic rings. The minimum Gasteiger partial charge on any atom is -0.508 e. The number of nitrogens with zero attached hydrogens (tertiary/aromatic N) is 5. The van der Waals surface area contributed by atoms with Gasteiger partial charge in [-0.15, -0.1) is 0 Å². The van der Waals surface area contributed by atoms with Gasteiger partial charge in [-0.3, -0.25) is 9.59 Å². The van der Waals surface area contributed by atoms with E-state index in [1.54, 1.807) is 16.6 Å². The van der Waals surface area contributed by atoms with Crippen LogP contribution in [-0.2, 0) is 22.6 Å². The van der Waals surface area contributed by atoms with Crippen molar-refractivity contribution in [3.05, 3.63) is 58.0 Å². The molecule has 0 bridgehead atoms. The van der Waals surface area contributed by atoms with Crippen LogP contribution in [0.3, 0.4) is 0 Å². The SMILES string of the molecule is O=C(C1Cc2cc(O)ccc2CN1C(=O)C1CC1C1CC1)N1CCC(c2nc3ccc(Br)cn3n2)CC1. The Morgan fingerprint density at radius 1 is 1.00 bits per heavy atom. The van der Waals surface area contributed by atoms with Crippen LogP contribution >= 0.6 is 15.9 Å². The molecule has 8 nitrogen and oxygen atoms in total.